The molecule has 9 rings (SSSR count). The molecule has 0 amide bonds. The average molecular weight is 833 g/mol. The predicted octanol–water partition coefficient (Wildman–Crippen LogP) is 16.2. The third kappa shape index (κ3) is 7.89. The zero-order valence-corrected chi connectivity index (χ0v) is 38.1. The topological polar surface area (TPSA) is 35.0 Å². The Morgan fingerprint density at radius 3 is 1.84 bits per heavy atom. The Morgan fingerprint density at radius 2 is 1.23 bits per heavy atom. The maximum atomic E-state index is 6.77. The maximum absolute atomic E-state index is 6.77. The molecule has 3 nitrogen and oxygen atoms in total. The van der Waals surface area contributed by atoms with Gasteiger partial charge in [-0.15, -0.1) is 12.8 Å². The van der Waals surface area contributed by atoms with Gasteiger partial charge in [0.25, 0.3) is 0 Å². The van der Waals surface area contributed by atoms with Crippen LogP contribution in [-0.2, 0) is 5.41 Å². The van der Waals surface area contributed by atoms with Crippen LogP contribution in [0.1, 0.15) is 75.8 Å². The minimum atomic E-state index is -0.508. The van der Waals surface area contributed by atoms with Crippen LogP contribution in [-0.4, -0.2) is 9.97 Å². The van der Waals surface area contributed by atoms with Gasteiger partial charge in [0.15, 0.2) is 5.82 Å². The summed E-state index contributed by atoms with van der Waals surface area (Å²) in [5, 5.41) is 0. The number of aromatic nitrogens is 2. The molecule has 0 saturated heterocycles. The van der Waals surface area contributed by atoms with Crippen molar-refractivity contribution < 1.29 is 4.74 Å². The zero-order valence-electron chi connectivity index (χ0n) is 38.1. The standard InChI is InChI=1S/C57H48N2O.C2H6.C2H2/c1-7-10-24-45-39(6)57(49-26-18-17-25-46(45)49)50-35-44(31-32-47(50)48-33-34-54(38(5)55(48)57)60-53(19-8-2)37(4)9-3)40-27-29-43(30-28-40)56-58-51(41-20-13-11-14-21-41)36-52(59-56)42-22-15-12-16-23-42;2*1-2/h8-36H,2,7H2,1,3-6H3;1-2H3;1-2H/b24-10-,37-9-,53-19+;;. The first-order valence-electron chi connectivity index (χ1n) is 22.2. The lowest BCUT2D eigenvalue weighted by molar-refractivity contribution is 0.431. The lowest BCUT2D eigenvalue weighted by atomic mass is 9.68. The summed E-state index contributed by atoms with van der Waals surface area (Å²) < 4.78 is 6.77. The van der Waals surface area contributed by atoms with Gasteiger partial charge in [0.1, 0.15) is 11.5 Å². The van der Waals surface area contributed by atoms with Gasteiger partial charge in [-0.3, -0.25) is 0 Å². The predicted molar refractivity (Wildman–Crippen MR) is 272 cm³/mol. The molecule has 6 aromatic carbocycles. The van der Waals surface area contributed by atoms with E-state index < -0.39 is 5.41 Å². The highest BCUT2D eigenvalue weighted by Gasteiger charge is 2.52. The zero-order chi connectivity index (χ0) is 45.4. The van der Waals surface area contributed by atoms with Crippen molar-refractivity contribution in [2.45, 2.75) is 60.3 Å². The van der Waals surface area contributed by atoms with Crippen LogP contribution in [0.5, 0.6) is 5.75 Å². The smallest absolute Gasteiger partial charge is 0.160 e. The first-order chi connectivity index (χ1) is 31.4. The summed E-state index contributed by atoms with van der Waals surface area (Å²) in [7, 11) is 0. The molecular formula is C61H56N2O. The minimum absolute atomic E-state index is 0.508. The summed E-state index contributed by atoms with van der Waals surface area (Å²) in [5.41, 5.74) is 19.1. The van der Waals surface area contributed by atoms with Crippen LogP contribution in [0, 0.1) is 19.8 Å². The molecule has 1 aromatic heterocycles. The van der Waals surface area contributed by atoms with Gasteiger partial charge >= 0.3 is 0 Å². The summed E-state index contributed by atoms with van der Waals surface area (Å²) in [6, 6.07) is 51.9. The van der Waals surface area contributed by atoms with Crippen LogP contribution in [0.15, 0.2) is 199 Å². The fourth-order valence-corrected chi connectivity index (χ4v) is 9.20. The molecule has 0 radical (unpaired) electrons. The second-order valence-electron chi connectivity index (χ2n) is 15.6. The number of benzene rings is 6. The van der Waals surface area contributed by atoms with E-state index in [1.165, 1.54) is 44.5 Å². The van der Waals surface area contributed by atoms with Crippen LogP contribution in [0.2, 0.25) is 0 Å². The number of hydrogen-bond donors (Lipinski definition) is 0. The van der Waals surface area contributed by atoms with E-state index in [1.807, 2.05) is 39.0 Å². The second-order valence-corrected chi connectivity index (χ2v) is 15.6. The van der Waals surface area contributed by atoms with E-state index in [1.54, 1.807) is 6.08 Å². The number of fused-ring (bicyclic) bond motifs is 7. The van der Waals surface area contributed by atoms with E-state index in [0.717, 1.165) is 68.3 Å². The molecule has 1 atom stereocenters. The van der Waals surface area contributed by atoms with Crippen molar-refractivity contribution >= 4 is 5.57 Å². The van der Waals surface area contributed by atoms with E-state index in [-0.39, 0.29) is 0 Å². The molecule has 2 aliphatic rings. The van der Waals surface area contributed by atoms with Gasteiger partial charge in [-0.25, -0.2) is 9.97 Å². The van der Waals surface area contributed by atoms with E-state index in [4.69, 9.17) is 14.7 Å². The lowest BCUT2D eigenvalue weighted by Gasteiger charge is -2.33. The first kappa shape index (κ1) is 44.5. The Hall–Kier alpha value is -7.54. The number of nitrogens with zero attached hydrogens (tertiary/aromatic N) is 2. The van der Waals surface area contributed by atoms with Gasteiger partial charge in [-0.05, 0) is 125 Å². The molecule has 0 bridgehead atoms. The molecular weight excluding hydrogens is 777 g/mol. The van der Waals surface area contributed by atoms with Crippen molar-refractivity contribution in [2.75, 3.05) is 0 Å². The molecule has 0 saturated carbocycles. The number of allylic oxidation sites excluding steroid dienone is 8. The number of hydrogen-bond acceptors (Lipinski definition) is 3. The normalized spacial score (nSPS) is 14.8. The Morgan fingerprint density at radius 1 is 0.656 bits per heavy atom. The summed E-state index contributed by atoms with van der Waals surface area (Å²) >= 11 is 0. The lowest BCUT2D eigenvalue weighted by Crippen LogP contribution is -2.27. The van der Waals surface area contributed by atoms with Crippen LogP contribution in [0.25, 0.3) is 61.7 Å². The van der Waals surface area contributed by atoms with E-state index in [2.05, 4.69) is 199 Å². The highest BCUT2D eigenvalue weighted by atomic mass is 16.5. The SMILES string of the molecule is C#C.C=C/C=C(Oc1ccc2c(c1C)C1(C(C)=C(/C=C\CC)c3ccccc31)c1cc(-c3ccc(-c4nc(-c5ccccc5)cc(-c5ccccc5)n4)cc3)ccc1-2)\C(C)=C/C.CC. The Kier molecular flexibility index (Phi) is 13.7. The monoisotopic (exact) mass is 832 g/mol. The number of rotatable bonds is 10. The van der Waals surface area contributed by atoms with E-state index >= 15 is 0 Å². The van der Waals surface area contributed by atoms with Gasteiger partial charge in [0, 0.05) is 16.7 Å². The highest BCUT2D eigenvalue weighted by molar-refractivity contribution is 5.98. The molecule has 1 heterocycles. The van der Waals surface area contributed by atoms with E-state index in [0.29, 0.717) is 5.82 Å². The van der Waals surface area contributed by atoms with Gasteiger partial charge in [0.05, 0.1) is 16.8 Å². The molecule has 1 spiro atoms. The molecule has 1 unspecified atom stereocenters. The molecule has 7 aromatic rings. The largest absolute Gasteiger partial charge is 0.457 e. The summed E-state index contributed by atoms with van der Waals surface area (Å²) in [6.07, 6.45) is 19.4. The summed E-state index contributed by atoms with van der Waals surface area (Å²) in [5.74, 6) is 2.35. The summed E-state index contributed by atoms with van der Waals surface area (Å²) in [4.78, 5) is 10.2. The van der Waals surface area contributed by atoms with Crippen molar-refractivity contribution in [2.24, 2.45) is 0 Å². The molecule has 0 N–H and O–H groups in total. The highest BCUT2D eigenvalue weighted by Crippen LogP contribution is 2.63. The second kappa shape index (κ2) is 19.7. The third-order valence-corrected chi connectivity index (χ3v) is 12.3. The molecule has 3 heteroatoms. The van der Waals surface area contributed by atoms with Gasteiger partial charge in [-0.2, -0.15) is 0 Å². The quantitative estimate of drug-likeness (QED) is 0.0782. The first-order valence-corrected chi connectivity index (χ1v) is 22.2. The van der Waals surface area contributed by atoms with Crippen LogP contribution < -0.4 is 4.74 Å². The van der Waals surface area contributed by atoms with Crippen LogP contribution in [0.3, 0.4) is 0 Å². The minimum Gasteiger partial charge on any atom is -0.457 e. The molecule has 316 valence electrons. The Balaban J connectivity index is 0.00000149. The van der Waals surface area contributed by atoms with Crippen molar-refractivity contribution in [3.63, 3.8) is 0 Å². The molecule has 0 aliphatic heterocycles. The number of terminal acetylenes is 1. The van der Waals surface area contributed by atoms with Gasteiger partial charge < -0.3 is 4.74 Å². The van der Waals surface area contributed by atoms with Crippen molar-refractivity contribution in [3.05, 3.63) is 227 Å². The van der Waals surface area contributed by atoms with Gasteiger partial charge in [0.2, 0.25) is 0 Å². The molecule has 64 heavy (non-hydrogen) atoms. The Labute approximate surface area is 381 Å². The Bertz CT molecular complexity index is 2900. The number of ether oxygens (including phenoxy) is 1. The fraction of sp³-hybridized carbons (Fsp3) is 0.148. The van der Waals surface area contributed by atoms with Crippen LogP contribution in [0.4, 0.5) is 0 Å². The average Bonchev–Trinajstić information content (AvgIpc) is 3.80. The van der Waals surface area contributed by atoms with E-state index in [9.17, 15) is 0 Å². The maximum Gasteiger partial charge on any atom is 0.160 e. The molecule has 0 fully saturated rings. The van der Waals surface area contributed by atoms with Gasteiger partial charge in [-0.1, -0.05) is 179 Å². The fourth-order valence-electron chi connectivity index (χ4n) is 9.20. The van der Waals surface area contributed by atoms with Crippen molar-refractivity contribution in [3.8, 4) is 74.8 Å². The summed E-state index contributed by atoms with van der Waals surface area (Å²) in [6.45, 7) is 18.8. The van der Waals surface area contributed by atoms with Crippen LogP contribution >= 0.6 is 0 Å². The molecule has 2 aliphatic carbocycles. The third-order valence-electron chi connectivity index (χ3n) is 12.3. The van der Waals surface area contributed by atoms with Crippen molar-refractivity contribution in [1.29, 1.82) is 0 Å². The van der Waals surface area contributed by atoms with Crippen molar-refractivity contribution in [1.82, 2.24) is 9.97 Å².